The monoisotopic (exact) mass is 324 g/mol. The van der Waals surface area contributed by atoms with Gasteiger partial charge in [-0.25, -0.2) is 9.97 Å². The minimum absolute atomic E-state index is 0.324. The molecule has 1 aromatic carbocycles. The second-order valence-corrected chi connectivity index (χ2v) is 6.34. The molecule has 0 saturated heterocycles. The van der Waals surface area contributed by atoms with E-state index in [4.69, 9.17) is 15.5 Å². The van der Waals surface area contributed by atoms with E-state index in [9.17, 15) is 0 Å². The zero-order chi connectivity index (χ0) is 16.5. The van der Waals surface area contributed by atoms with Gasteiger partial charge in [0, 0.05) is 12.5 Å². The summed E-state index contributed by atoms with van der Waals surface area (Å²) >= 11 is 0. The molecule has 0 amide bonds. The van der Waals surface area contributed by atoms with Gasteiger partial charge in [-0.3, -0.25) is 0 Å². The van der Waals surface area contributed by atoms with Gasteiger partial charge in [-0.1, -0.05) is 5.21 Å². The van der Waals surface area contributed by atoms with E-state index in [1.165, 1.54) is 0 Å². The molecule has 3 aromatic rings. The molecule has 2 aromatic heterocycles. The van der Waals surface area contributed by atoms with Crippen molar-refractivity contribution in [2.75, 3.05) is 7.11 Å². The summed E-state index contributed by atoms with van der Waals surface area (Å²) in [5.41, 5.74) is 8.32. The highest BCUT2D eigenvalue weighted by Crippen LogP contribution is 2.27. The molecule has 1 aliphatic rings. The Hall–Kier alpha value is -2.54. The Morgan fingerprint density at radius 3 is 2.79 bits per heavy atom. The first-order chi connectivity index (χ1) is 11.7. The highest BCUT2D eigenvalue weighted by molar-refractivity contribution is 5.70. The van der Waals surface area contributed by atoms with E-state index in [0.29, 0.717) is 17.5 Å². The number of rotatable bonds is 4. The first kappa shape index (κ1) is 15.0. The Kier molecular flexibility index (Phi) is 3.86. The largest absolute Gasteiger partial charge is 0.497 e. The average Bonchev–Trinajstić information content (AvgIpc) is 3.21. The summed E-state index contributed by atoms with van der Waals surface area (Å²) in [7, 11) is 1.65. The van der Waals surface area contributed by atoms with Gasteiger partial charge in [0.15, 0.2) is 11.2 Å². The van der Waals surface area contributed by atoms with Crippen molar-refractivity contribution < 1.29 is 4.74 Å². The van der Waals surface area contributed by atoms with Crippen molar-refractivity contribution in [3.05, 3.63) is 36.3 Å². The molecule has 1 saturated carbocycles. The molecule has 2 N–H and O–H groups in total. The van der Waals surface area contributed by atoms with Crippen LogP contribution in [0.4, 0.5) is 0 Å². The summed E-state index contributed by atoms with van der Waals surface area (Å²) in [5, 5.41) is 8.37. The van der Waals surface area contributed by atoms with Crippen molar-refractivity contribution in [2.24, 2.45) is 11.7 Å². The van der Waals surface area contributed by atoms with Gasteiger partial charge < -0.3 is 10.5 Å². The number of ether oxygens (including phenoxy) is 1. The molecule has 24 heavy (non-hydrogen) atoms. The van der Waals surface area contributed by atoms with E-state index >= 15 is 0 Å². The number of benzene rings is 1. The highest BCUT2D eigenvalue weighted by atomic mass is 16.5. The van der Waals surface area contributed by atoms with E-state index in [1.807, 2.05) is 24.3 Å². The molecule has 4 rings (SSSR count). The SMILES string of the molecule is COc1ccc(-n2nnc3cnc(C[C@H]4CC[C@H](N)C4)nc32)cc1. The number of methoxy groups -OCH3 is 1. The molecule has 7 nitrogen and oxygen atoms in total. The fourth-order valence-electron chi connectivity index (χ4n) is 3.32. The van der Waals surface area contributed by atoms with E-state index in [2.05, 4.69) is 15.3 Å². The van der Waals surface area contributed by atoms with Crippen LogP contribution in [0.1, 0.15) is 25.1 Å². The van der Waals surface area contributed by atoms with Crippen LogP contribution < -0.4 is 10.5 Å². The summed E-state index contributed by atoms with van der Waals surface area (Å²) in [4.78, 5) is 9.14. The van der Waals surface area contributed by atoms with Gasteiger partial charge in [-0.2, -0.15) is 4.68 Å². The van der Waals surface area contributed by atoms with E-state index in [-0.39, 0.29) is 0 Å². The predicted molar refractivity (Wildman–Crippen MR) is 90.0 cm³/mol. The maximum absolute atomic E-state index is 6.00. The fourth-order valence-corrected chi connectivity index (χ4v) is 3.32. The zero-order valence-electron chi connectivity index (χ0n) is 13.6. The van der Waals surface area contributed by atoms with E-state index in [1.54, 1.807) is 18.0 Å². The minimum Gasteiger partial charge on any atom is -0.497 e. The molecule has 1 fully saturated rings. The maximum atomic E-state index is 6.00. The van der Waals surface area contributed by atoms with Gasteiger partial charge >= 0.3 is 0 Å². The Morgan fingerprint density at radius 2 is 2.08 bits per heavy atom. The molecule has 0 aliphatic heterocycles. The van der Waals surface area contributed by atoms with Crippen molar-refractivity contribution in [3.8, 4) is 11.4 Å². The summed E-state index contributed by atoms with van der Waals surface area (Å²) < 4.78 is 6.93. The summed E-state index contributed by atoms with van der Waals surface area (Å²) in [6.45, 7) is 0. The van der Waals surface area contributed by atoms with Gasteiger partial charge in [-0.05, 0) is 49.4 Å². The lowest BCUT2D eigenvalue weighted by molar-refractivity contribution is 0.414. The van der Waals surface area contributed by atoms with Gasteiger partial charge in [0.25, 0.3) is 0 Å². The second-order valence-electron chi connectivity index (χ2n) is 6.34. The normalized spacial score (nSPS) is 20.6. The van der Waals surface area contributed by atoms with Crippen LogP contribution >= 0.6 is 0 Å². The lowest BCUT2D eigenvalue weighted by Crippen LogP contribution is -2.15. The molecule has 0 spiro atoms. The average molecular weight is 324 g/mol. The topological polar surface area (TPSA) is 91.7 Å². The fraction of sp³-hybridized carbons (Fsp3) is 0.412. The smallest absolute Gasteiger partial charge is 0.187 e. The van der Waals surface area contributed by atoms with Crippen molar-refractivity contribution in [1.29, 1.82) is 0 Å². The lowest BCUT2D eigenvalue weighted by Gasteiger charge is -2.08. The summed E-state index contributed by atoms with van der Waals surface area (Å²) in [6.07, 6.45) is 5.91. The number of nitrogens with two attached hydrogens (primary N) is 1. The Bertz CT molecular complexity index is 844. The number of nitrogens with zero attached hydrogens (tertiary/aromatic N) is 5. The van der Waals surface area contributed by atoms with Gasteiger partial charge in [0.05, 0.1) is 19.0 Å². The molecular formula is C17H20N6O. The van der Waals surface area contributed by atoms with Crippen LogP contribution in [0.25, 0.3) is 16.9 Å². The molecule has 124 valence electrons. The summed E-state index contributed by atoms with van der Waals surface area (Å²) in [5.74, 6) is 2.21. The molecule has 0 bridgehead atoms. The van der Waals surface area contributed by atoms with Crippen LogP contribution in [0.5, 0.6) is 5.75 Å². The Morgan fingerprint density at radius 1 is 1.25 bits per heavy atom. The van der Waals surface area contributed by atoms with Crippen LogP contribution in [-0.4, -0.2) is 38.1 Å². The molecule has 0 unspecified atom stereocenters. The van der Waals surface area contributed by atoms with Crippen LogP contribution in [0, 0.1) is 5.92 Å². The number of fused-ring (bicyclic) bond motifs is 1. The van der Waals surface area contributed by atoms with Crippen LogP contribution in [-0.2, 0) is 6.42 Å². The van der Waals surface area contributed by atoms with Crippen molar-refractivity contribution in [2.45, 2.75) is 31.7 Å². The number of hydrogen-bond donors (Lipinski definition) is 1. The minimum atomic E-state index is 0.324. The molecule has 0 radical (unpaired) electrons. The van der Waals surface area contributed by atoms with E-state index in [0.717, 1.165) is 48.6 Å². The highest BCUT2D eigenvalue weighted by Gasteiger charge is 2.23. The molecule has 2 atom stereocenters. The molecule has 1 aliphatic carbocycles. The first-order valence-corrected chi connectivity index (χ1v) is 8.20. The van der Waals surface area contributed by atoms with Crippen LogP contribution in [0.15, 0.2) is 30.5 Å². The quantitative estimate of drug-likeness (QED) is 0.788. The third kappa shape index (κ3) is 2.82. The van der Waals surface area contributed by atoms with Crippen molar-refractivity contribution in [3.63, 3.8) is 0 Å². The lowest BCUT2D eigenvalue weighted by atomic mass is 10.0. The summed E-state index contributed by atoms with van der Waals surface area (Å²) in [6, 6.07) is 7.98. The number of aromatic nitrogens is 5. The van der Waals surface area contributed by atoms with Gasteiger partial charge in [0.1, 0.15) is 11.6 Å². The number of hydrogen-bond acceptors (Lipinski definition) is 6. The first-order valence-electron chi connectivity index (χ1n) is 8.20. The maximum Gasteiger partial charge on any atom is 0.187 e. The Labute approximate surface area is 139 Å². The predicted octanol–water partition coefficient (Wildman–Crippen LogP) is 1.89. The van der Waals surface area contributed by atoms with Gasteiger partial charge in [0.2, 0.25) is 0 Å². The van der Waals surface area contributed by atoms with Crippen molar-refractivity contribution in [1.82, 2.24) is 25.0 Å². The third-order valence-electron chi connectivity index (χ3n) is 4.61. The zero-order valence-corrected chi connectivity index (χ0v) is 13.6. The second kappa shape index (κ2) is 6.16. The molecule has 7 heteroatoms. The van der Waals surface area contributed by atoms with Crippen LogP contribution in [0.2, 0.25) is 0 Å². The standard InChI is InChI=1S/C17H20N6O/c1-24-14-6-4-13(5-7-14)23-17-15(21-22-23)10-19-16(20-17)9-11-2-3-12(18)8-11/h4-7,10-12H,2-3,8-9,18H2,1H3/t11-,12-/m0/s1. The van der Waals surface area contributed by atoms with E-state index < -0.39 is 0 Å². The van der Waals surface area contributed by atoms with Gasteiger partial charge in [-0.15, -0.1) is 5.10 Å². The molecule has 2 heterocycles. The Balaban J connectivity index is 1.65. The molecular weight excluding hydrogens is 304 g/mol. The van der Waals surface area contributed by atoms with Crippen molar-refractivity contribution >= 4 is 11.2 Å². The third-order valence-corrected chi connectivity index (χ3v) is 4.61. The van der Waals surface area contributed by atoms with Crippen LogP contribution in [0.3, 0.4) is 0 Å².